The Bertz CT molecular complexity index is 605. The number of nitrogens with two attached hydrogens (primary N) is 1. The van der Waals surface area contributed by atoms with Gasteiger partial charge in [0.15, 0.2) is 5.82 Å². The molecule has 20 heavy (non-hydrogen) atoms. The van der Waals surface area contributed by atoms with E-state index in [1.807, 2.05) is 6.92 Å². The number of nitrogen functional groups attached to an aromatic ring is 1. The molecule has 1 aromatic carbocycles. The van der Waals surface area contributed by atoms with E-state index in [0.29, 0.717) is 23.9 Å². The van der Waals surface area contributed by atoms with Gasteiger partial charge in [0.05, 0.1) is 10.7 Å². The summed E-state index contributed by atoms with van der Waals surface area (Å²) in [4.78, 5) is 8.53. The summed E-state index contributed by atoms with van der Waals surface area (Å²) < 4.78 is 13.8. The van der Waals surface area contributed by atoms with Crippen LogP contribution in [0.15, 0.2) is 24.3 Å². The van der Waals surface area contributed by atoms with Gasteiger partial charge in [-0.1, -0.05) is 24.6 Å². The van der Waals surface area contributed by atoms with Gasteiger partial charge in [0, 0.05) is 12.5 Å². The molecule has 0 atom stereocenters. The van der Waals surface area contributed by atoms with Gasteiger partial charge in [0.1, 0.15) is 17.5 Å². The maximum Gasteiger partial charge on any atom is 0.165 e. The fraction of sp³-hybridized carbons (Fsp3) is 0.231. The molecule has 2 rings (SSSR count). The first-order valence-electron chi connectivity index (χ1n) is 6.19. The van der Waals surface area contributed by atoms with Crippen molar-refractivity contribution >= 4 is 28.9 Å². The molecule has 0 aliphatic rings. The van der Waals surface area contributed by atoms with Crippen molar-refractivity contribution in [2.75, 3.05) is 10.7 Å². The Balaban J connectivity index is 2.32. The quantitative estimate of drug-likeness (QED) is 0.583. The molecule has 2 aromatic rings. The van der Waals surface area contributed by atoms with Crippen LogP contribution in [0.25, 0.3) is 0 Å². The van der Waals surface area contributed by atoms with E-state index >= 15 is 0 Å². The third-order valence-corrected chi connectivity index (χ3v) is 2.90. The summed E-state index contributed by atoms with van der Waals surface area (Å²) in [5.74, 6) is 6.40. The van der Waals surface area contributed by atoms with Crippen molar-refractivity contribution in [3.63, 3.8) is 0 Å². The summed E-state index contributed by atoms with van der Waals surface area (Å²) >= 11 is 5.74. The molecule has 0 fully saturated rings. The molecule has 0 saturated carbocycles. The SMILES string of the molecule is CCCc1nc(NN)cc(Nc2cccc(Cl)c2F)n1. The first-order chi connectivity index (χ1) is 9.63. The third-order valence-electron chi connectivity index (χ3n) is 2.61. The first-order valence-corrected chi connectivity index (χ1v) is 6.57. The topological polar surface area (TPSA) is 75.9 Å². The number of nitrogens with one attached hydrogen (secondary N) is 2. The van der Waals surface area contributed by atoms with Crippen LogP contribution in [0.1, 0.15) is 19.2 Å². The van der Waals surface area contributed by atoms with Crippen LogP contribution in [0, 0.1) is 5.82 Å². The molecule has 106 valence electrons. The molecule has 7 heteroatoms. The Morgan fingerprint density at radius 2 is 2.05 bits per heavy atom. The van der Waals surface area contributed by atoms with Gasteiger partial charge in [-0.15, -0.1) is 0 Å². The van der Waals surface area contributed by atoms with Crippen molar-refractivity contribution in [3.8, 4) is 0 Å². The zero-order chi connectivity index (χ0) is 14.5. The molecule has 0 aliphatic carbocycles. The van der Waals surface area contributed by atoms with Gasteiger partial charge in [-0.05, 0) is 18.6 Å². The minimum atomic E-state index is -0.521. The molecule has 5 nitrogen and oxygen atoms in total. The monoisotopic (exact) mass is 295 g/mol. The lowest BCUT2D eigenvalue weighted by Gasteiger charge is -2.10. The fourth-order valence-electron chi connectivity index (χ4n) is 1.71. The Hall–Kier alpha value is -1.92. The number of hydrazine groups is 1. The highest BCUT2D eigenvalue weighted by Crippen LogP contribution is 2.25. The van der Waals surface area contributed by atoms with E-state index in [1.165, 1.54) is 6.07 Å². The molecule has 0 aliphatic heterocycles. The van der Waals surface area contributed by atoms with Crippen LogP contribution < -0.4 is 16.6 Å². The van der Waals surface area contributed by atoms with Crippen LogP contribution in [0.5, 0.6) is 0 Å². The van der Waals surface area contributed by atoms with Gasteiger partial charge in [-0.25, -0.2) is 20.2 Å². The molecule has 0 radical (unpaired) electrons. The van der Waals surface area contributed by atoms with Gasteiger partial charge in [0.2, 0.25) is 0 Å². The standard InChI is InChI=1S/C13H15ClFN5/c1-2-4-10-18-11(7-12(19-10)20-16)17-9-6-3-5-8(14)13(9)15/h3,5-7H,2,4,16H2,1H3,(H2,17,18,19,20). The van der Waals surface area contributed by atoms with E-state index < -0.39 is 5.82 Å². The molecule has 0 bridgehead atoms. The maximum atomic E-state index is 13.8. The molecule has 1 aromatic heterocycles. The highest BCUT2D eigenvalue weighted by atomic mass is 35.5. The number of hydrogen-bond donors (Lipinski definition) is 3. The van der Waals surface area contributed by atoms with E-state index in [2.05, 4.69) is 20.7 Å². The second-order valence-corrected chi connectivity index (χ2v) is 4.58. The second-order valence-electron chi connectivity index (χ2n) is 4.18. The van der Waals surface area contributed by atoms with Gasteiger partial charge in [0.25, 0.3) is 0 Å². The third kappa shape index (κ3) is 3.34. The van der Waals surface area contributed by atoms with Gasteiger partial charge < -0.3 is 10.7 Å². The Labute approximate surface area is 121 Å². The van der Waals surface area contributed by atoms with Crippen LogP contribution >= 0.6 is 11.6 Å². The average molecular weight is 296 g/mol. The van der Waals surface area contributed by atoms with Crippen LogP contribution in [0.2, 0.25) is 5.02 Å². The molecule has 4 N–H and O–H groups in total. The molecular weight excluding hydrogens is 281 g/mol. The predicted molar refractivity (Wildman–Crippen MR) is 78.5 cm³/mol. The molecular formula is C13H15ClFN5. The Morgan fingerprint density at radius 3 is 2.75 bits per heavy atom. The van der Waals surface area contributed by atoms with Crippen LogP contribution in [0.4, 0.5) is 21.7 Å². The summed E-state index contributed by atoms with van der Waals surface area (Å²) in [6, 6.07) is 6.32. The largest absolute Gasteiger partial charge is 0.338 e. The summed E-state index contributed by atoms with van der Waals surface area (Å²) in [6.45, 7) is 2.02. The van der Waals surface area contributed by atoms with Gasteiger partial charge in [-0.2, -0.15) is 0 Å². The van der Waals surface area contributed by atoms with Crippen molar-refractivity contribution in [1.82, 2.24) is 9.97 Å². The number of anilines is 3. The lowest BCUT2D eigenvalue weighted by atomic mass is 10.3. The zero-order valence-corrected chi connectivity index (χ0v) is 11.7. The summed E-state index contributed by atoms with van der Waals surface area (Å²) in [6.07, 6.45) is 1.61. The van der Waals surface area contributed by atoms with Crippen LogP contribution in [0.3, 0.4) is 0 Å². The van der Waals surface area contributed by atoms with E-state index in [1.54, 1.807) is 18.2 Å². The number of nitrogens with zero attached hydrogens (tertiary/aromatic N) is 2. The van der Waals surface area contributed by atoms with Crippen molar-refractivity contribution in [1.29, 1.82) is 0 Å². The summed E-state index contributed by atoms with van der Waals surface area (Å²) in [7, 11) is 0. The number of aromatic nitrogens is 2. The summed E-state index contributed by atoms with van der Waals surface area (Å²) in [5.41, 5.74) is 2.72. The highest BCUT2D eigenvalue weighted by molar-refractivity contribution is 6.31. The van der Waals surface area contributed by atoms with E-state index in [0.717, 1.165) is 6.42 Å². The van der Waals surface area contributed by atoms with E-state index in [4.69, 9.17) is 17.4 Å². The molecule has 0 amide bonds. The lowest BCUT2D eigenvalue weighted by Crippen LogP contribution is -2.11. The zero-order valence-electron chi connectivity index (χ0n) is 11.0. The number of aryl methyl sites for hydroxylation is 1. The minimum absolute atomic E-state index is 0.0509. The van der Waals surface area contributed by atoms with E-state index in [-0.39, 0.29) is 10.7 Å². The number of benzene rings is 1. The second kappa shape index (κ2) is 6.49. The van der Waals surface area contributed by atoms with Crippen LogP contribution in [-0.2, 0) is 6.42 Å². The lowest BCUT2D eigenvalue weighted by molar-refractivity contribution is 0.632. The number of rotatable bonds is 5. The van der Waals surface area contributed by atoms with Crippen molar-refractivity contribution < 1.29 is 4.39 Å². The Kier molecular flexibility index (Phi) is 4.70. The number of halogens is 2. The number of hydrogen-bond acceptors (Lipinski definition) is 5. The van der Waals surface area contributed by atoms with Crippen molar-refractivity contribution in [2.24, 2.45) is 5.84 Å². The molecule has 0 spiro atoms. The van der Waals surface area contributed by atoms with E-state index in [9.17, 15) is 4.39 Å². The maximum absolute atomic E-state index is 13.8. The molecule has 1 heterocycles. The van der Waals surface area contributed by atoms with Gasteiger partial charge >= 0.3 is 0 Å². The molecule has 0 unspecified atom stereocenters. The van der Waals surface area contributed by atoms with Gasteiger partial charge in [-0.3, -0.25) is 0 Å². The smallest absolute Gasteiger partial charge is 0.165 e. The van der Waals surface area contributed by atoms with Crippen molar-refractivity contribution in [2.45, 2.75) is 19.8 Å². The normalized spacial score (nSPS) is 10.4. The summed E-state index contributed by atoms with van der Waals surface area (Å²) in [5, 5.41) is 2.93. The minimum Gasteiger partial charge on any atom is -0.338 e. The molecule has 0 saturated heterocycles. The van der Waals surface area contributed by atoms with Crippen molar-refractivity contribution in [3.05, 3.63) is 40.9 Å². The fourth-order valence-corrected chi connectivity index (χ4v) is 1.88. The first kappa shape index (κ1) is 14.5. The van der Waals surface area contributed by atoms with Crippen LogP contribution in [-0.4, -0.2) is 9.97 Å². The highest BCUT2D eigenvalue weighted by Gasteiger charge is 2.09. The predicted octanol–water partition coefficient (Wildman–Crippen LogP) is 3.25. The Morgan fingerprint density at radius 1 is 1.30 bits per heavy atom. The average Bonchev–Trinajstić information content (AvgIpc) is 2.44.